The Bertz CT molecular complexity index is 575. The van der Waals surface area contributed by atoms with E-state index < -0.39 is 5.41 Å². The smallest absolute Gasteiger partial charge is 0.230 e. The van der Waals surface area contributed by atoms with E-state index in [1.54, 1.807) is 12.1 Å². The van der Waals surface area contributed by atoms with Gasteiger partial charge < -0.3 is 5.32 Å². The highest BCUT2D eigenvalue weighted by molar-refractivity contribution is 6.17. The van der Waals surface area contributed by atoms with Crippen LogP contribution in [0.3, 0.4) is 0 Å². The van der Waals surface area contributed by atoms with Gasteiger partial charge in [0.05, 0.1) is 11.3 Å². The summed E-state index contributed by atoms with van der Waals surface area (Å²) in [5.74, 6) is 0.626. The molecule has 22 heavy (non-hydrogen) atoms. The third-order valence-electron chi connectivity index (χ3n) is 3.00. The van der Waals surface area contributed by atoms with E-state index in [2.05, 4.69) is 10.3 Å². The lowest BCUT2D eigenvalue weighted by atomic mass is 9.95. The van der Waals surface area contributed by atoms with E-state index in [4.69, 9.17) is 11.6 Å². The zero-order valence-corrected chi connectivity index (χ0v) is 14.3. The van der Waals surface area contributed by atoms with Crippen LogP contribution in [0.5, 0.6) is 0 Å². The van der Waals surface area contributed by atoms with E-state index >= 15 is 0 Å². The molecule has 0 fully saturated rings. The van der Waals surface area contributed by atoms with Gasteiger partial charge in [0.1, 0.15) is 5.82 Å². The van der Waals surface area contributed by atoms with Crippen LogP contribution in [0.2, 0.25) is 0 Å². The van der Waals surface area contributed by atoms with Crippen molar-refractivity contribution >= 4 is 35.2 Å². The molecular weight excluding hydrogens is 300 g/mol. The number of alkyl halides is 1. The number of carbonyl (C=O) groups excluding carboxylic acids is 2. The minimum absolute atomic E-state index is 0.130. The summed E-state index contributed by atoms with van der Waals surface area (Å²) in [6.45, 7) is 6.89. The molecule has 0 aliphatic rings. The van der Waals surface area contributed by atoms with Crippen LogP contribution in [-0.2, 0) is 4.79 Å². The maximum atomic E-state index is 12.1. The Kier molecular flexibility index (Phi) is 6.75. The number of nitrogens with one attached hydrogen (secondary N) is 1. The minimum atomic E-state index is -0.554. The van der Waals surface area contributed by atoms with Gasteiger partial charge in [-0.05, 0) is 38.0 Å². The molecular formula is C17H23ClN2O2. The fraction of sp³-hybridized carbons (Fsp3) is 0.471. The third-order valence-corrected chi connectivity index (χ3v) is 3.27. The summed E-state index contributed by atoms with van der Waals surface area (Å²) in [7, 11) is 0. The standard InChI is InChI=1S/C17H23ClN2O2/c1-12(21)14-10-9-13(8-6-5-7-11-18)19-15(14)20-16(22)17(2,3)4/h6,8-10H,5,7,11H2,1-4H3,(H,19,20,22)/b8-6+. The summed E-state index contributed by atoms with van der Waals surface area (Å²) in [5, 5.41) is 2.75. The molecule has 0 spiro atoms. The fourth-order valence-electron chi connectivity index (χ4n) is 1.64. The first-order chi connectivity index (χ1) is 10.3. The summed E-state index contributed by atoms with van der Waals surface area (Å²) in [5.41, 5.74) is 0.557. The van der Waals surface area contributed by atoms with Crippen LogP contribution >= 0.6 is 11.6 Å². The number of amides is 1. The van der Waals surface area contributed by atoms with Gasteiger partial charge in [0.15, 0.2) is 5.78 Å². The van der Waals surface area contributed by atoms with Crippen molar-refractivity contribution in [1.82, 2.24) is 4.98 Å². The highest BCUT2D eigenvalue weighted by Crippen LogP contribution is 2.20. The zero-order chi connectivity index (χ0) is 16.8. The first-order valence-electron chi connectivity index (χ1n) is 7.31. The molecule has 0 bridgehead atoms. The van der Waals surface area contributed by atoms with Gasteiger partial charge in [0.2, 0.25) is 5.91 Å². The maximum absolute atomic E-state index is 12.1. The molecule has 1 aromatic heterocycles. The molecule has 0 unspecified atom stereocenters. The average Bonchev–Trinajstić information content (AvgIpc) is 2.42. The number of nitrogens with zero attached hydrogens (tertiary/aromatic N) is 1. The summed E-state index contributed by atoms with van der Waals surface area (Å²) in [6, 6.07) is 3.45. The maximum Gasteiger partial charge on any atom is 0.230 e. The Morgan fingerprint density at radius 3 is 2.55 bits per heavy atom. The van der Waals surface area contributed by atoms with Gasteiger partial charge >= 0.3 is 0 Å². The number of carbonyl (C=O) groups is 2. The van der Waals surface area contributed by atoms with Gasteiger partial charge in [-0.15, -0.1) is 11.6 Å². The largest absolute Gasteiger partial charge is 0.310 e. The second-order valence-electron chi connectivity index (χ2n) is 6.13. The number of pyridine rings is 1. The second-order valence-corrected chi connectivity index (χ2v) is 6.50. The Hall–Kier alpha value is -1.68. The molecule has 0 aliphatic carbocycles. The van der Waals surface area contributed by atoms with Crippen molar-refractivity contribution in [3.63, 3.8) is 0 Å². The number of anilines is 1. The topological polar surface area (TPSA) is 59.1 Å². The van der Waals surface area contributed by atoms with Crippen molar-refractivity contribution in [2.75, 3.05) is 11.2 Å². The lowest BCUT2D eigenvalue weighted by molar-refractivity contribution is -0.123. The predicted molar refractivity (Wildman–Crippen MR) is 91.3 cm³/mol. The highest BCUT2D eigenvalue weighted by Gasteiger charge is 2.23. The van der Waals surface area contributed by atoms with Crippen molar-refractivity contribution < 1.29 is 9.59 Å². The number of unbranched alkanes of at least 4 members (excludes halogenated alkanes) is 1. The van der Waals surface area contributed by atoms with Crippen LogP contribution in [0.15, 0.2) is 18.2 Å². The average molecular weight is 323 g/mol. The second kappa shape index (κ2) is 8.08. The molecule has 1 amide bonds. The molecule has 120 valence electrons. The number of hydrogen-bond acceptors (Lipinski definition) is 3. The molecule has 0 radical (unpaired) electrons. The van der Waals surface area contributed by atoms with E-state index in [-0.39, 0.29) is 11.7 Å². The van der Waals surface area contributed by atoms with E-state index in [9.17, 15) is 9.59 Å². The Balaban J connectivity index is 3.03. The number of hydrogen-bond donors (Lipinski definition) is 1. The third kappa shape index (κ3) is 5.60. The lowest BCUT2D eigenvalue weighted by Gasteiger charge is -2.18. The van der Waals surface area contributed by atoms with Gasteiger partial charge in [0, 0.05) is 11.3 Å². The predicted octanol–water partition coefficient (Wildman–Crippen LogP) is 4.30. The van der Waals surface area contributed by atoms with Crippen molar-refractivity contribution in [1.29, 1.82) is 0 Å². The molecule has 1 rings (SSSR count). The van der Waals surface area contributed by atoms with E-state index in [0.717, 1.165) is 12.8 Å². The molecule has 0 aromatic carbocycles. The first-order valence-corrected chi connectivity index (χ1v) is 7.85. The van der Waals surface area contributed by atoms with Crippen LogP contribution in [0.4, 0.5) is 5.82 Å². The Morgan fingerprint density at radius 2 is 2.00 bits per heavy atom. The molecule has 0 saturated carbocycles. The van der Waals surface area contributed by atoms with E-state index in [1.165, 1.54) is 6.92 Å². The van der Waals surface area contributed by atoms with Crippen LogP contribution in [0.1, 0.15) is 56.6 Å². The van der Waals surface area contributed by atoms with Crippen molar-refractivity contribution in [2.45, 2.75) is 40.5 Å². The number of rotatable bonds is 6. The van der Waals surface area contributed by atoms with Gasteiger partial charge in [-0.1, -0.05) is 26.8 Å². The summed E-state index contributed by atoms with van der Waals surface area (Å²) >= 11 is 5.63. The molecule has 0 aliphatic heterocycles. The molecule has 0 atom stereocenters. The number of ketones is 1. The molecule has 4 nitrogen and oxygen atoms in total. The zero-order valence-electron chi connectivity index (χ0n) is 13.6. The van der Waals surface area contributed by atoms with E-state index in [1.807, 2.05) is 32.9 Å². The molecule has 1 aromatic rings. The molecule has 0 saturated heterocycles. The summed E-state index contributed by atoms with van der Waals surface area (Å²) < 4.78 is 0. The van der Waals surface area contributed by atoms with Crippen molar-refractivity contribution in [3.8, 4) is 0 Å². The van der Waals surface area contributed by atoms with Crippen LogP contribution in [-0.4, -0.2) is 22.6 Å². The lowest BCUT2D eigenvalue weighted by Crippen LogP contribution is -2.29. The van der Waals surface area contributed by atoms with Gasteiger partial charge in [-0.3, -0.25) is 9.59 Å². The van der Waals surface area contributed by atoms with Gasteiger partial charge in [-0.25, -0.2) is 4.98 Å². The Morgan fingerprint density at radius 1 is 1.32 bits per heavy atom. The quantitative estimate of drug-likeness (QED) is 0.482. The SMILES string of the molecule is CC(=O)c1ccc(/C=C/CCCCl)nc1NC(=O)C(C)(C)C. The van der Waals surface area contributed by atoms with Gasteiger partial charge in [0.25, 0.3) is 0 Å². The van der Waals surface area contributed by atoms with Crippen LogP contribution in [0, 0.1) is 5.41 Å². The highest BCUT2D eigenvalue weighted by atomic mass is 35.5. The minimum Gasteiger partial charge on any atom is -0.310 e. The molecule has 1 heterocycles. The van der Waals surface area contributed by atoms with Gasteiger partial charge in [-0.2, -0.15) is 0 Å². The van der Waals surface area contributed by atoms with Crippen molar-refractivity contribution in [2.24, 2.45) is 5.41 Å². The fourth-order valence-corrected chi connectivity index (χ4v) is 1.79. The normalized spacial score (nSPS) is 11.7. The number of halogens is 1. The van der Waals surface area contributed by atoms with E-state index in [0.29, 0.717) is 23.0 Å². The first kappa shape index (κ1) is 18.4. The monoisotopic (exact) mass is 322 g/mol. The van der Waals surface area contributed by atoms with Crippen molar-refractivity contribution in [3.05, 3.63) is 29.5 Å². The number of Topliss-reactive ketones (excluding diaryl/α,β-unsaturated/α-hetero) is 1. The van der Waals surface area contributed by atoms with Crippen LogP contribution in [0.25, 0.3) is 6.08 Å². The summed E-state index contributed by atoms with van der Waals surface area (Å²) in [4.78, 5) is 28.2. The summed E-state index contributed by atoms with van der Waals surface area (Å²) in [6.07, 6.45) is 5.61. The molecule has 5 heteroatoms. The van der Waals surface area contributed by atoms with Crippen LogP contribution < -0.4 is 5.32 Å². The molecule has 1 N–H and O–H groups in total. The Labute approximate surface area is 137 Å². The number of allylic oxidation sites excluding steroid dienone is 1. The number of aromatic nitrogens is 1.